The number of hydrogen-bond donors (Lipinski definition) is 2. The molecule has 7 nitrogen and oxygen atoms in total. The molecule has 122 valence electrons. The molecule has 2 heterocycles. The van der Waals surface area contributed by atoms with Crippen LogP contribution in [0.4, 0.5) is 5.69 Å². The van der Waals surface area contributed by atoms with E-state index in [1.165, 1.54) is 24.2 Å². The second-order valence-corrected chi connectivity index (χ2v) is 6.07. The maximum atomic E-state index is 12.0. The van der Waals surface area contributed by atoms with Crippen LogP contribution in [-0.4, -0.2) is 28.4 Å². The van der Waals surface area contributed by atoms with Crippen LogP contribution in [0.25, 0.3) is 0 Å². The molecule has 2 aromatic rings. The zero-order valence-electron chi connectivity index (χ0n) is 12.5. The number of amidine groups is 1. The molecule has 1 saturated heterocycles. The highest BCUT2D eigenvalue weighted by atomic mass is 32.2. The largest absolute Gasteiger partial charge is 0.463 e. The molecule has 1 aromatic heterocycles. The van der Waals surface area contributed by atoms with Gasteiger partial charge >= 0.3 is 0 Å². The molecule has 2 amide bonds. The first kappa shape index (κ1) is 16.0. The molecule has 0 aliphatic carbocycles. The Hall–Kier alpha value is -2.87. The molecule has 1 atom stereocenters. The molecule has 0 unspecified atom stereocenters. The van der Waals surface area contributed by atoms with Gasteiger partial charge < -0.3 is 15.1 Å². The molecular formula is C16H14N4O3S. The zero-order valence-corrected chi connectivity index (χ0v) is 13.3. The predicted molar refractivity (Wildman–Crippen MR) is 92.9 cm³/mol. The average molecular weight is 342 g/mol. The lowest BCUT2D eigenvalue weighted by molar-refractivity contribution is -0.122. The highest BCUT2D eigenvalue weighted by Gasteiger charge is 2.32. The van der Waals surface area contributed by atoms with Crippen LogP contribution in [0.3, 0.4) is 0 Å². The van der Waals surface area contributed by atoms with Gasteiger partial charge in [-0.25, -0.2) is 0 Å². The van der Waals surface area contributed by atoms with E-state index in [9.17, 15) is 9.59 Å². The lowest BCUT2D eigenvalue weighted by atomic mass is 10.2. The number of benzene rings is 1. The first-order valence-electron chi connectivity index (χ1n) is 7.17. The van der Waals surface area contributed by atoms with Crippen LogP contribution >= 0.6 is 11.8 Å². The van der Waals surface area contributed by atoms with Crippen molar-refractivity contribution in [2.45, 2.75) is 11.7 Å². The van der Waals surface area contributed by atoms with Crippen LogP contribution in [0.15, 0.2) is 63.3 Å². The smallest absolute Gasteiger partial charge is 0.240 e. The minimum Gasteiger partial charge on any atom is -0.463 e. The number of carbonyl (C=O) groups is 2. The summed E-state index contributed by atoms with van der Waals surface area (Å²) >= 11 is 1.18. The fraction of sp³-hybridized carbons (Fsp3) is 0.125. The summed E-state index contributed by atoms with van der Waals surface area (Å²) in [5.41, 5.74) is 0.697. The third kappa shape index (κ3) is 4.32. The van der Waals surface area contributed by atoms with Crippen LogP contribution in [-0.2, 0) is 9.59 Å². The standard InChI is InChI=1S/C16H14N4O3S/c21-14(18-11-5-2-1-3-6-11)9-13-15(22)19-16(24-13)20-17-10-12-7-4-8-23-12/h1-8,10,13H,9H2,(H,18,21)(H,19,20,22)/b17-10-/t13-/m0/s1. The lowest BCUT2D eigenvalue weighted by Gasteiger charge is -2.06. The number of para-hydroxylation sites is 1. The van der Waals surface area contributed by atoms with Crippen LogP contribution < -0.4 is 10.6 Å². The van der Waals surface area contributed by atoms with E-state index in [2.05, 4.69) is 20.8 Å². The van der Waals surface area contributed by atoms with Crippen molar-refractivity contribution in [3.63, 3.8) is 0 Å². The van der Waals surface area contributed by atoms with Gasteiger partial charge in [0.05, 0.1) is 12.5 Å². The van der Waals surface area contributed by atoms with E-state index < -0.39 is 5.25 Å². The highest BCUT2D eigenvalue weighted by Crippen LogP contribution is 2.23. The van der Waals surface area contributed by atoms with Crippen LogP contribution in [0.2, 0.25) is 0 Å². The van der Waals surface area contributed by atoms with Crippen LogP contribution in [0, 0.1) is 0 Å². The summed E-state index contributed by atoms with van der Waals surface area (Å²) in [7, 11) is 0. The molecular weight excluding hydrogens is 328 g/mol. The van der Waals surface area contributed by atoms with Crippen molar-refractivity contribution in [1.82, 2.24) is 5.32 Å². The molecule has 1 aliphatic rings. The van der Waals surface area contributed by atoms with Crippen molar-refractivity contribution in [3.8, 4) is 0 Å². The molecule has 1 aromatic carbocycles. The van der Waals surface area contributed by atoms with E-state index in [-0.39, 0.29) is 18.2 Å². The third-order valence-electron chi connectivity index (χ3n) is 3.08. The Kier molecular flexibility index (Phi) is 5.07. The van der Waals surface area contributed by atoms with Crippen LogP contribution in [0.1, 0.15) is 12.2 Å². The van der Waals surface area contributed by atoms with Gasteiger partial charge in [0.2, 0.25) is 11.8 Å². The Balaban J connectivity index is 1.54. The fourth-order valence-electron chi connectivity index (χ4n) is 1.99. The van der Waals surface area contributed by atoms with Gasteiger partial charge in [-0.15, -0.1) is 5.10 Å². The predicted octanol–water partition coefficient (Wildman–Crippen LogP) is 2.23. The Morgan fingerprint density at radius 2 is 2.12 bits per heavy atom. The summed E-state index contributed by atoms with van der Waals surface area (Å²) in [6.45, 7) is 0. The molecule has 0 radical (unpaired) electrons. The van der Waals surface area contributed by atoms with Gasteiger partial charge in [0.1, 0.15) is 11.0 Å². The van der Waals surface area contributed by atoms with Gasteiger partial charge in [0.15, 0.2) is 5.17 Å². The SMILES string of the molecule is O=C(C[C@@H]1S/C(=N/N=C\c2ccco2)NC1=O)Nc1ccccc1. The van der Waals surface area contributed by atoms with Crippen molar-refractivity contribution >= 4 is 40.6 Å². The van der Waals surface area contributed by atoms with Gasteiger partial charge in [-0.2, -0.15) is 5.10 Å². The van der Waals surface area contributed by atoms with Crippen molar-refractivity contribution < 1.29 is 14.0 Å². The number of furan rings is 1. The number of thioether (sulfide) groups is 1. The molecule has 2 N–H and O–H groups in total. The number of rotatable bonds is 5. The Morgan fingerprint density at radius 3 is 2.88 bits per heavy atom. The molecule has 3 rings (SSSR count). The second-order valence-electron chi connectivity index (χ2n) is 4.88. The zero-order chi connectivity index (χ0) is 16.8. The Labute approximate surface area is 142 Å². The van der Waals surface area contributed by atoms with Crippen LogP contribution in [0.5, 0.6) is 0 Å². The summed E-state index contributed by atoms with van der Waals surface area (Å²) in [5, 5.41) is 13.0. The number of amides is 2. The normalized spacial score (nSPS) is 18.9. The first-order valence-corrected chi connectivity index (χ1v) is 8.05. The van der Waals surface area contributed by atoms with Crippen molar-refractivity contribution in [2.24, 2.45) is 10.2 Å². The molecule has 0 spiro atoms. The fourth-order valence-corrected chi connectivity index (χ4v) is 2.92. The number of anilines is 1. The van der Waals surface area contributed by atoms with E-state index >= 15 is 0 Å². The minimum atomic E-state index is -0.522. The maximum absolute atomic E-state index is 12.0. The van der Waals surface area contributed by atoms with Gasteiger partial charge in [-0.1, -0.05) is 30.0 Å². The van der Waals surface area contributed by atoms with Gasteiger partial charge in [0.25, 0.3) is 0 Å². The van der Waals surface area contributed by atoms with Gasteiger partial charge in [0, 0.05) is 12.1 Å². The average Bonchev–Trinajstić information content (AvgIpc) is 3.19. The number of nitrogens with one attached hydrogen (secondary N) is 2. The Bertz CT molecular complexity index is 772. The number of nitrogens with zero attached hydrogens (tertiary/aromatic N) is 2. The summed E-state index contributed by atoms with van der Waals surface area (Å²) in [6.07, 6.45) is 3.03. The highest BCUT2D eigenvalue weighted by molar-refractivity contribution is 8.15. The molecule has 1 fully saturated rings. The quantitative estimate of drug-likeness (QED) is 0.643. The monoisotopic (exact) mass is 342 g/mol. The topological polar surface area (TPSA) is 96.1 Å². The van der Waals surface area contributed by atoms with Gasteiger partial charge in [-0.05, 0) is 24.3 Å². The Morgan fingerprint density at radius 1 is 1.29 bits per heavy atom. The first-order chi connectivity index (χ1) is 11.7. The summed E-state index contributed by atoms with van der Waals surface area (Å²) in [4.78, 5) is 23.9. The minimum absolute atomic E-state index is 0.0618. The summed E-state index contributed by atoms with van der Waals surface area (Å²) in [6, 6.07) is 12.6. The van der Waals surface area contributed by atoms with E-state index in [4.69, 9.17) is 4.42 Å². The lowest BCUT2D eigenvalue weighted by Crippen LogP contribution is -2.28. The second kappa shape index (κ2) is 7.60. The molecule has 0 bridgehead atoms. The summed E-state index contributed by atoms with van der Waals surface area (Å²) in [5.74, 6) is 0.0804. The molecule has 0 saturated carbocycles. The third-order valence-corrected chi connectivity index (χ3v) is 4.15. The summed E-state index contributed by atoms with van der Waals surface area (Å²) < 4.78 is 5.08. The number of carbonyl (C=O) groups excluding carboxylic acids is 2. The van der Waals surface area contributed by atoms with Gasteiger partial charge in [-0.3, -0.25) is 9.59 Å². The van der Waals surface area contributed by atoms with E-state index in [0.29, 0.717) is 16.6 Å². The van der Waals surface area contributed by atoms with E-state index in [0.717, 1.165) is 0 Å². The molecule has 1 aliphatic heterocycles. The maximum Gasteiger partial charge on any atom is 0.240 e. The number of hydrogen-bond acceptors (Lipinski definition) is 6. The van der Waals surface area contributed by atoms with E-state index in [1.807, 2.05) is 18.2 Å². The van der Waals surface area contributed by atoms with Crippen molar-refractivity contribution in [2.75, 3.05) is 5.32 Å². The van der Waals surface area contributed by atoms with Crippen molar-refractivity contribution in [1.29, 1.82) is 0 Å². The molecule has 8 heteroatoms. The molecule has 24 heavy (non-hydrogen) atoms. The van der Waals surface area contributed by atoms with E-state index in [1.54, 1.807) is 24.3 Å². The van der Waals surface area contributed by atoms with Crippen molar-refractivity contribution in [3.05, 3.63) is 54.5 Å².